The number of rotatable bonds is 6. The second-order valence-corrected chi connectivity index (χ2v) is 9.86. The molecule has 35 heavy (non-hydrogen) atoms. The van der Waals surface area contributed by atoms with Crippen molar-refractivity contribution in [1.29, 1.82) is 0 Å². The average Bonchev–Trinajstić information content (AvgIpc) is 3.25. The Morgan fingerprint density at radius 1 is 1.31 bits per heavy atom. The Bertz CT molecular complexity index is 1450. The fraction of sp³-hybridized carbons (Fsp3) is 0.385. The van der Waals surface area contributed by atoms with Gasteiger partial charge in [0.15, 0.2) is 5.82 Å². The molecule has 4 heterocycles. The van der Waals surface area contributed by atoms with Crippen molar-refractivity contribution in [2.24, 2.45) is 23.5 Å². The summed E-state index contributed by atoms with van der Waals surface area (Å²) in [4.78, 5) is 23.4. The van der Waals surface area contributed by atoms with Gasteiger partial charge in [0.25, 0.3) is 0 Å². The lowest BCUT2D eigenvalue weighted by Crippen LogP contribution is -2.25. The second-order valence-electron chi connectivity index (χ2n) is 9.86. The number of carbonyl (C=O) groups excluding carboxylic acids is 1. The third-order valence-corrected chi connectivity index (χ3v) is 7.67. The Labute approximate surface area is 202 Å². The van der Waals surface area contributed by atoms with Gasteiger partial charge in [0.05, 0.1) is 11.6 Å². The molecule has 0 bridgehead atoms. The molecule has 180 valence electrons. The molecule has 1 saturated heterocycles. The fourth-order valence-corrected chi connectivity index (χ4v) is 5.59. The molecule has 1 aliphatic carbocycles. The van der Waals surface area contributed by atoms with Crippen LogP contribution in [0, 0.1) is 30.5 Å². The largest absolute Gasteiger partial charge is 0.369 e. The molecule has 3 N–H and O–H groups in total. The molecule has 1 amide bonds. The molecule has 0 radical (unpaired) electrons. The summed E-state index contributed by atoms with van der Waals surface area (Å²) in [5.41, 5.74) is 8.68. The SMILES string of the molecule is Cc1c(F)ccc2cc([C@H](C)Nc3ncnn4cccc34)c(N3CC[C@@H](C4CC4C(N)=O)C3)nc12. The van der Waals surface area contributed by atoms with E-state index < -0.39 is 0 Å². The molecule has 1 aromatic carbocycles. The number of carbonyl (C=O) groups is 1. The Kier molecular flexibility index (Phi) is 5.09. The molecule has 8 nitrogen and oxygen atoms in total. The lowest BCUT2D eigenvalue weighted by molar-refractivity contribution is -0.119. The maximum atomic E-state index is 14.4. The van der Waals surface area contributed by atoms with Crippen molar-refractivity contribution in [1.82, 2.24) is 19.6 Å². The van der Waals surface area contributed by atoms with Crippen LogP contribution < -0.4 is 16.0 Å². The Hall–Kier alpha value is -3.75. The summed E-state index contributed by atoms with van der Waals surface area (Å²) in [5.74, 6) is 1.92. The molecule has 1 saturated carbocycles. The van der Waals surface area contributed by atoms with Crippen LogP contribution in [0.5, 0.6) is 0 Å². The minimum Gasteiger partial charge on any atom is -0.369 e. The van der Waals surface area contributed by atoms with Crippen LogP contribution in [0.4, 0.5) is 16.0 Å². The van der Waals surface area contributed by atoms with Gasteiger partial charge >= 0.3 is 0 Å². The number of benzene rings is 1. The van der Waals surface area contributed by atoms with Crippen LogP contribution in [-0.2, 0) is 4.79 Å². The van der Waals surface area contributed by atoms with Crippen LogP contribution in [0.1, 0.15) is 36.9 Å². The first kappa shape index (κ1) is 21.8. The highest BCUT2D eigenvalue weighted by atomic mass is 19.1. The van der Waals surface area contributed by atoms with E-state index in [4.69, 9.17) is 10.7 Å². The summed E-state index contributed by atoms with van der Waals surface area (Å²) in [5, 5.41) is 8.68. The number of nitrogens with zero attached hydrogens (tertiary/aromatic N) is 5. The number of aromatic nitrogens is 4. The monoisotopic (exact) mass is 473 g/mol. The number of hydrogen-bond donors (Lipinski definition) is 2. The van der Waals surface area contributed by atoms with Crippen LogP contribution in [0.25, 0.3) is 16.4 Å². The summed E-state index contributed by atoms with van der Waals surface area (Å²) >= 11 is 0. The number of amides is 1. The molecule has 1 aliphatic heterocycles. The average molecular weight is 474 g/mol. The lowest BCUT2D eigenvalue weighted by atomic mass is 10.0. The maximum Gasteiger partial charge on any atom is 0.220 e. The van der Waals surface area contributed by atoms with E-state index in [2.05, 4.69) is 33.3 Å². The summed E-state index contributed by atoms with van der Waals surface area (Å²) in [6, 6.07) is 9.18. The van der Waals surface area contributed by atoms with Gasteiger partial charge in [0, 0.05) is 41.7 Å². The van der Waals surface area contributed by atoms with E-state index in [1.54, 1.807) is 17.5 Å². The number of primary amides is 1. The van der Waals surface area contributed by atoms with Gasteiger partial charge < -0.3 is 16.0 Å². The van der Waals surface area contributed by atoms with Crippen molar-refractivity contribution in [3.63, 3.8) is 0 Å². The van der Waals surface area contributed by atoms with Gasteiger partial charge in [0.1, 0.15) is 23.5 Å². The third kappa shape index (κ3) is 3.75. The van der Waals surface area contributed by atoms with E-state index in [0.717, 1.165) is 54.0 Å². The Balaban J connectivity index is 1.37. The van der Waals surface area contributed by atoms with Crippen LogP contribution in [-0.4, -0.2) is 38.6 Å². The van der Waals surface area contributed by atoms with E-state index in [1.807, 2.05) is 18.3 Å². The van der Waals surface area contributed by atoms with E-state index in [9.17, 15) is 9.18 Å². The lowest BCUT2D eigenvalue weighted by Gasteiger charge is -2.26. The minimum absolute atomic E-state index is 0.00290. The molecule has 2 aliphatic rings. The topological polar surface area (TPSA) is 101 Å². The smallest absolute Gasteiger partial charge is 0.220 e. The number of nitrogens with two attached hydrogens (primary N) is 1. The van der Waals surface area contributed by atoms with Crippen molar-refractivity contribution in [3.8, 4) is 0 Å². The molecular weight excluding hydrogens is 445 g/mol. The van der Waals surface area contributed by atoms with E-state index in [1.165, 1.54) is 12.4 Å². The van der Waals surface area contributed by atoms with E-state index in [-0.39, 0.29) is 23.7 Å². The summed E-state index contributed by atoms with van der Waals surface area (Å²) < 4.78 is 16.2. The minimum atomic E-state index is -0.256. The van der Waals surface area contributed by atoms with Gasteiger partial charge in [-0.3, -0.25) is 4.79 Å². The zero-order chi connectivity index (χ0) is 24.3. The Morgan fingerprint density at radius 3 is 2.97 bits per heavy atom. The molecule has 6 rings (SSSR count). The van der Waals surface area contributed by atoms with Crippen molar-refractivity contribution in [2.45, 2.75) is 32.7 Å². The normalized spacial score (nSPS) is 22.6. The summed E-state index contributed by atoms with van der Waals surface area (Å²) in [7, 11) is 0. The molecule has 2 fully saturated rings. The van der Waals surface area contributed by atoms with Gasteiger partial charge in [-0.2, -0.15) is 5.10 Å². The molecule has 9 heteroatoms. The highest BCUT2D eigenvalue weighted by molar-refractivity contribution is 5.85. The van der Waals surface area contributed by atoms with Crippen molar-refractivity contribution >= 4 is 34.0 Å². The van der Waals surface area contributed by atoms with Gasteiger partial charge in [-0.25, -0.2) is 18.9 Å². The summed E-state index contributed by atoms with van der Waals surface area (Å²) in [6.07, 6.45) is 5.29. The number of anilines is 2. The number of nitrogens with one attached hydrogen (secondary N) is 1. The quantitative estimate of drug-likeness (QED) is 0.441. The standard InChI is InChI=1S/C26H28FN7O/c1-14-21(27)6-5-16-10-18(15(2)31-25-22-4-3-8-34(22)30-13-29-25)26(32-23(14)16)33-9-7-17(12-33)19-11-20(19)24(28)35/h3-6,8,10,13,15,17,19-20H,7,9,11-12H2,1-2H3,(H2,28,35)(H,29,30,31)/t15-,17+,19?,20?/m0/s1. The molecular formula is C26H28FN7O. The number of fused-ring (bicyclic) bond motifs is 2. The predicted molar refractivity (Wildman–Crippen MR) is 133 cm³/mol. The van der Waals surface area contributed by atoms with Crippen LogP contribution in [0.15, 0.2) is 42.9 Å². The molecule has 2 unspecified atom stereocenters. The van der Waals surface area contributed by atoms with Gasteiger partial charge in [-0.05, 0) is 68.9 Å². The number of pyridine rings is 1. The molecule has 3 aromatic heterocycles. The zero-order valence-corrected chi connectivity index (χ0v) is 19.8. The van der Waals surface area contributed by atoms with Crippen molar-refractivity contribution < 1.29 is 9.18 Å². The third-order valence-electron chi connectivity index (χ3n) is 7.67. The number of aryl methyl sites for hydroxylation is 1. The first-order chi connectivity index (χ1) is 16.9. The second kappa shape index (κ2) is 8.18. The zero-order valence-electron chi connectivity index (χ0n) is 19.8. The van der Waals surface area contributed by atoms with Crippen LogP contribution in [0.3, 0.4) is 0 Å². The Morgan fingerprint density at radius 2 is 2.17 bits per heavy atom. The maximum absolute atomic E-state index is 14.4. The first-order valence-electron chi connectivity index (χ1n) is 12.1. The van der Waals surface area contributed by atoms with Gasteiger partial charge in [-0.15, -0.1) is 0 Å². The van der Waals surface area contributed by atoms with Crippen molar-refractivity contribution in [3.05, 3.63) is 59.8 Å². The number of hydrogen-bond acceptors (Lipinski definition) is 6. The van der Waals surface area contributed by atoms with Crippen LogP contribution >= 0.6 is 0 Å². The number of halogens is 1. The van der Waals surface area contributed by atoms with Gasteiger partial charge in [-0.1, -0.05) is 0 Å². The molecule has 4 aromatic rings. The van der Waals surface area contributed by atoms with E-state index in [0.29, 0.717) is 22.9 Å². The molecule has 0 spiro atoms. The van der Waals surface area contributed by atoms with E-state index >= 15 is 0 Å². The predicted octanol–water partition coefficient (Wildman–Crippen LogP) is 3.85. The fourth-order valence-electron chi connectivity index (χ4n) is 5.59. The highest BCUT2D eigenvalue weighted by Gasteiger charge is 2.48. The highest BCUT2D eigenvalue weighted by Crippen LogP contribution is 2.48. The van der Waals surface area contributed by atoms with Gasteiger partial charge in [0.2, 0.25) is 5.91 Å². The molecule has 4 atom stereocenters. The first-order valence-corrected chi connectivity index (χ1v) is 12.1. The van der Waals surface area contributed by atoms with Crippen LogP contribution in [0.2, 0.25) is 0 Å². The van der Waals surface area contributed by atoms with Crippen molar-refractivity contribution in [2.75, 3.05) is 23.3 Å². The summed E-state index contributed by atoms with van der Waals surface area (Å²) in [6.45, 7) is 5.52.